The van der Waals surface area contributed by atoms with Gasteiger partial charge in [0, 0.05) is 12.6 Å². The van der Waals surface area contributed by atoms with E-state index in [1.807, 2.05) is 18.2 Å². The van der Waals surface area contributed by atoms with Crippen LogP contribution in [0.25, 0.3) is 0 Å². The average Bonchev–Trinajstić information content (AvgIpc) is 2.31. The van der Waals surface area contributed by atoms with Gasteiger partial charge in [0.15, 0.2) is 0 Å². The van der Waals surface area contributed by atoms with Crippen LogP contribution >= 0.6 is 0 Å². The van der Waals surface area contributed by atoms with E-state index in [4.69, 9.17) is 0 Å². The molecule has 0 aliphatic carbocycles. The third-order valence-electron chi connectivity index (χ3n) is 2.86. The third kappa shape index (κ3) is 3.65. The maximum Gasteiger partial charge on any atom is 0.0685 e. The number of aliphatic hydroxyl groups is 1. The van der Waals surface area contributed by atoms with Gasteiger partial charge in [0.2, 0.25) is 0 Å². The van der Waals surface area contributed by atoms with Crippen LogP contribution in [0.1, 0.15) is 37.8 Å². The Hall–Kier alpha value is -0.860. The summed E-state index contributed by atoms with van der Waals surface area (Å²) in [6.45, 7) is 5.36. The molecule has 0 radical (unpaired) electrons. The molecule has 84 valence electrons. The highest BCUT2D eigenvalue weighted by molar-refractivity contribution is 5.26. The topological polar surface area (TPSA) is 32.3 Å². The van der Waals surface area contributed by atoms with Crippen molar-refractivity contribution in [3.8, 4) is 0 Å². The molecule has 0 unspecified atom stereocenters. The van der Waals surface area contributed by atoms with Gasteiger partial charge in [-0.25, -0.2) is 0 Å². The molecule has 1 aromatic rings. The van der Waals surface area contributed by atoms with Gasteiger partial charge in [-0.15, -0.1) is 0 Å². The lowest BCUT2D eigenvalue weighted by molar-refractivity contribution is 0.280. The van der Waals surface area contributed by atoms with E-state index in [1.54, 1.807) is 0 Å². The van der Waals surface area contributed by atoms with Crippen molar-refractivity contribution in [1.29, 1.82) is 0 Å². The molecule has 1 rings (SSSR count). The highest BCUT2D eigenvalue weighted by Gasteiger charge is 2.04. The molecule has 0 bridgehead atoms. The van der Waals surface area contributed by atoms with Crippen molar-refractivity contribution in [3.05, 3.63) is 35.4 Å². The SMILES string of the molecule is CCC(CC)NCc1ccccc1CO. The molecule has 0 amide bonds. The van der Waals surface area contributed by atoms with Crippen molar-refractivity contribution in [2.45, 2.75) is 45.9 Å². The summed E-state index contributed by atoms with van der Waals surface area (Å²) in [6, 6.07) is 8.61. The lowest BCUT2D eigenvalue weighted by Crippen LogP contribution is -2.27. The fraction of sp³-hybridized carbons (Fsp3) is 0.538. The lowest BCUT2D eigenvalue weighted by atomic mass is 10.1. The van der Waals surface area contributed by atoms with Gasteiger partial charge < -0.3 is 10.4 Å². The minimum Gasteiger partial charge on any atom is -0.392 e. The Bertz CT molecular complexity index is 282. The fourth-order valence-electron chi connectivity index (χ4n) is 1.72. The zero-order valence-electron chi connectivity index (χ0n) is 9.66. The first-order valence-electron chi connectivity index (χ1n) is 5.72. The minimum atomic E-state index is 0.126. The first-order chi connectivity index (χ1) is 7.31. The van der Waals surface area contributed by atoms with Crippen molar-refractivity contribution in [3.63, 3.8) is 0 Å². The van der Waals surface area contributed by atoms with Crippen LogP contribution in [0.2, 0.25) is 0 Å². The fourth-order valence-corrected chi connectivity index (χ4v) is 1.72. The summed E-state index contributed by atoms with van der Waals surface area (Å²) in [4.78, 5) is 0. The van der Waals surface area contributed by atoms with Crippen LogP contribution in [0, 0.1) is 0 Å². The zero-order chi connectivity index (χ0) is 11.1. The molecule has 1 aromatic carbocycles. The Labute approximate surface area is 92.3 Å². The van der Waals surface area contributed by atoms with Crippen LogP contribution in [0.5, 0.6) is 0 Å². The van der Waals surface area contributed by atoms with Crippen molar-refractivity contribution in [2.24, 2.45) is 0 Å². The molecule has 0 spiro atoms. The second-order valence-electron chi connectivity index (χ2n) is 3.82. The first kappa shape index (κ1) is 12.2. The molecule has 0 atom stereocenters. The molecule has 0 aliphatic heterocycles. The number of hydrogen-bond acceptors (Lipinski definition) is 2. The van der Waals surface area contributed by atoms with Gasteiger partial charge in [-0.3, -0.25) is 0 Å². The summed E-state index contributed by atoms with van der Waals surface area (Å²) in [6.07, 6.45) is 2.30. The summed E-state index contributed by atoms with van der Waals surface area (Å²) >= 11 is 0. The highest BCUT2D eigenvalue weighted by Crippen LogP contribution is 2.09. The van der Waals surface area contributed by atoms with Crippen molar-refractivity contribution in [2.75, 3.05) is 0 Å². The Kier molecular flexibility index (Phi) is 5.37. The summed E-state index contributed by atoms with van der Waals surface area (Å²) in [5.74, 6) is 0. The number of benzene rings is 1. The molecule has 2 N–H and O–H groups in total. The standard InChI is InChI=1S/C13H21NO/c1-3-13(4-2)14-9-11-7-5-6-8-12(11)10-15/h5-8,13-15H,3-4,9-10H2,1-2H3. The van der Waals surface area contributed by atoms with Crippen LogP contribution < -0.4 is 5.32 Å². The van der Waals surface area contributed by atoms with E-state index in [-0.39, 0.29) is 6.61 Å². The lowest BCUT2D eigenvalue weighted by Gasteiger charge is -2.16. The summed E-state index contributed by atoms with van der Waals surface area (Å²) in [7, 11) is 0. The molecule has 0 saturated carbocycles. The number of aliphatic hydroxyl groups excluding tert-OH is 1. The van der Waals surface area contributed by atoms with E-state index >= 15 is 0 Å². The zero-order valence-corrected chi connectivity index (χ0v) is 9.66. The molecule has 0 aromatic heterocycles. The molecule has 0 fully saturated rings. The van der Waals surface area contributed by atoms with E-state index in [0.29, 0.717) is 6.04 Å². The van der Waals surface area contributed by atoms with E-state index in [1.165, 1.54) is 5.56 Å². The van der Waals surface area contributed by atoms with Gasteiger partial charge in [0.05, 0.1) is 6.61 Å². The third-order valence-corrected chi connectivity index (χ3v) is 2.86. The smallest absolute Gasteiger partial charge is 0.0685 e. The van der Waals surface area contributed by atoms with Crippen LogP contribution in [0.4, 0.5) is 0 Å². The maximum absolute atomic E-state index is 9.17. The van der Waals surface area contributed by atoms with Gasteiger partial charge >= 0.3 is 0 Å². The number of hydrogen-bond donors (Lipinski definition) is 2. The molecule has 0 aliphatic rings. The summed E-state index contributed by atoms with van der Waals surface area (Å²) < 4.78 is 0. The van der Waals surface area contributed by atoms with Crippen LogP contribution in [-0.4, -0.2) is 11.1 Å². The second kappa shape index (κ2) is 6.59. The van der Waals surface area contributed by atoms with Crippen molar-refractivity contribution < 1.29 is 5.11 Å². The van der Waals surface area contributed by atoms with E-state index in [9.17, 15) is 5.11 Å². The van der Waals surface area contributed by atoms with E-state index in [2.05, 4.69) is 25.2 Å². The number of rotatable bonds is 6. The molecule has 15 heavy (non-hydrogen) atoms. The van der Waals surface area contributed by atoms with E-state index < -0.39 is 0 Å². The Morgan fingerprint density at radius 3 is 2.27 bits per heavy atom. The molecule has 0 saturated heterocycles. The summed E-state index contributed by atoms with van der Waals surface area (Å²) in [5.41, 5.74) is 2.22. The second-order valence-corrected chi connectivity index (χ2v) is 3.82. The minimum absolute atomic E-state index is 0.126. The normalized spacial score (nSPS) is 10.9. The monoisotopic (exact) mass is 207 g/mol. The molecular weight excluding hydrogens is 186 g/mol. The molecule has 0 heterocycles. The predicted molar refractivity (Wildman–Crippen MR) is 63.6 cm³/mol. The van der Waals surface area contributed by atoms with Crippen LogP contribution in [0.15, 0.2) is 24.3 Å². The van der Waals surface area contributed by atoms with Gasteiger partial charge in [0.1, 0.15) is 0 Å². The molecular formula is C13H21NO. The summed E-state index contributed by atoms with van der Waals surface area (Å²) in [5, 5.41) is 12.7. The maximum atomic E-state index is 9.17. The van der Waals surface area contributed by atoms with Gasteiger partial charge in [-0.1, -0.05) is 38.1 Å². The Balaban J connectivity index is 2.56. The predicted octanol–water partition coefficient (Wildman–Crippen LogP) is 2.46. The van der Waals surface area contributed by atoms with Crippen molar-refractivity contribution >= 4 is 0 Å². The van der Waals surface area contributed by atoms with Gasteiger partial charge in [-0.05, 0) is 24.0 Å². The van der Waals surface area contributed by atoms with Crippen LogP contribution in [-0.2, 0) is 13.2 Å². The van der Waals surface area contributed by atoms with Gasteiger partial charge in [0.25, 0.3) is 0 Å². The quantitative estimate of drug-likeness (QED) is 0.751. The van der Waals surface area contributed by atoms with Crippen molar-refractivity contribution in [1.82, 2.24) is 5.32 Å². The van der Waals surface area contributed by atoms with Gasteiger partial charge in [-0.2, -0.15) is 0 Å². The number of nitrogens with one attached hydrogen (secondary N) is 1. The van der Waals surface area contributed by atoms with E-state index in [0.717, 1.165) is 24.9 Å². The van der Waals surface area contributed by atoms with Crippen LogP contribution in [0.3, 0.4) is 0 Å². The molecule has 2 heteroatoms. The molecule has 2 nitrogen and oxygen atoms in total. The Morgan fingerprint density at radius 1 is 1.13 bits per heavy atom. The Morgan fingerprint density at radius 2 is 1.73 bits per heavy atom. The largest absolute Gasteiger partial charge is 0.392 e. The highest BCUT2D eigenvalue weighted by atomic mass is 16.3. The first-order valence-corrected chi connectivity index (χ1v) is 5.72. The average molecular weight is 207 g/mol.